The van der Waals surface area contributed by atoms with Crippen LogP contribution in [0.5, 0.6) is 0 Å². The molecule has 88 valence electrons. The zero-order chi connectivity index (χ0) is 11.5. The van der Waals surface area contributed by atoms with E-state index in [4.69, 9.17) is 5.11 Å². The van der Waals surface area contributed by atoms with Crippen LogP contribution in [0.25, 0.3) is 0 Å². The minimum absolute atomic E-state index is 0.225. The Kier molecular flexibility index (Phi) is 9.13. The molecule has 0 aliphatic heterocycles. The molecule has 0 aliphatic rings. The lowest BCUT2D eigenvalue weighted by Gasteiger charge is -2.12. The van der Waals surface area contributed by atoms with Crippen molar-refractivity contribution in [2.45, 2.75) is 58.3 Å². The van der Waals surface area contributed by atoms with Crippen LogP contribution >= 0.6 is 0 Å². The molecular weight excluding hydrogens is 192 g/mol. The van der Waals surface area contributed by atoms with Crippen LogP contribution in [0, 0.1) is 5.92 Å². The lowest BCUT2D eigenvalue weighted by atomic mass is 9.93. The van der Waals surface area contributed by atoms with E-state index in [0.717, 1.165) is 25.5 Å². The van der Waals surface area contributed by atoms with Gasteiger partial charge in [0.15, 0.2) is 0 Å². The van der Waals surface area contributed by atoms with Gasteiger partial charge < -0.3 is 9.90 Å². The number of unbranched alkanes of at least 4 members (excludes halogenated alkanes) is 2. The molecule has 0 radical (unpaired) electrons. The Labute approximate surface area is 91.9 Å². The Morgan fingerprint density at radius 2 is 1.93 bits per heavy atom. The normalized spacial score (nSPS) is 12.3. The van der Waals surface area contributed by atoms with Gasteiger partial charge in [-0.3, -0.25) is 4.79 Å². The number of carbonyl (C=O) groups is 2. The smallest absolute Gasteiger partial charge is 0.303 e. The van der Waals surface area contributed by atoms with Crippen molar-refractivity contribution in [2.75, 3.05) is 0 Å². The molecule has 1 unspecified atom stereocenters. The monoisotopic (exact) mass is 214 g/mol. The van der Waals surface area contributed by atoms with E-state index in [9.17, 15) is 9.59 Å². The summed E-state index contributed by atoms with van der Waals surface area (Å²) in [6, 6.07) is 0. The molecule has 0 rings (SSSR count). The van der Waals surface area contributed by atoms with Gasteiger partial charge in [-0.25, -0.2) is 0 Å². The molecule has 3 nitrogen and oxygen atoms in total. The number of aliphatic carboxylic acids is 1. The Balaban J connectivity index is 3.62. The third kappa shape index (κ3) is 9.44. The minimum atomic E-state index is -0.742. The van der Waals surface area contributed by atoms with E-state index in [1.165, 1.54) is 12.8 Å². The Morgan fingerprint density at radius 3 is 2.47 bits per heavy atom. The summed E-state index contributed by atoms with van der Waals surface area (Å²) < 4.78 is 0. The van der Waals surface area contributed by atoms with Crippen molar-refractivity contribution < 1.29 is 14.7 Å². The minimum Gasteiger partial charge on any atom is -0.481 e. The van der Waals surface area contributed by atoms with Crippen molar-refractivity contribution in [1.82, 2.24) is 0 Å². The van der Waals surface area contributed by atoms with Gasteiger partial charge in [-0.1, -0.05) is 32.6 Å². The van der Waals surface area contributed by atoms with E-state index in [0.29, 0.717) is 18.8 Å². The summed E-state index contributed by atoms with van der Waals surface area (Å²) >= 11 is 0. The first-order chi connectivity index (χ1) is 7.20. The summed E-state index contributed by atoms with van der Waals surface area (Å²) in [6.45, 7) is 2.15. The number of carboxylic acid groups (broad SMARTS) is 1. The third-order valence-electron chi connectivity index (χ3n) is 2.65. The van der Waals surface area contributed by atoms with E-state index < -0.39 is 5.97 Å². The van der Waals surface area contributed by atoms with Crippen LogP contribution in [-0.4, -0.2) is 17.4 Å². The summed E-state index contributed by atoms with van der Waals surface area (Å²) in [4.78, 5) is 20.8. The van der Waals surface area contributed by atoms with Gasteiger partial charge >= 0.3 is 5.97 Å². The third-order valence-corrected chi connectivity index (χ3v) is 2.65. The highest BCUT2D eigenvalue weighted by atomic mass is 16.4. The predicted molar refractivity (Wildman–Crippen MR) is 59.8 cm³/mol. The number of aldehydes is 1. The van der Waals surface area contributed by atoms with Crippen molar-refractivity contribution in [1.29, 1.82) is 0 Å². The summed E-state index contributed by atoms with van der Waals surface area (Å²) in [5.74, 6) is -0.346. The number of carboxylic acids is 1. The summed E-state index contributed by atoms with van der Waals surface area (Å²) in [5, 5.41) is 8.50. The molecule has 0 saturated heterocycles. The molecule has 0 amide bonds. The maximum Gasteiger partial charge on any atom is 0.303 e. The van der Waals surface area contributed by atoms with E-state index >= 15 is 0 Å². The van der Waals surface area contributed by atoms with Crippen molar-refractivity contribution in [2.24, 2.45) is 5.92 Å². The second-order valence-electron chi connectivity index (χ2n) is 4.05. The summed E-state index contributed by atoms with van der Waals surface area (Å²) in [7, 11) is 0. The van der Waals surface area contributed by atoms with Crippen LogP contribution in [-0.2, 0) is 9.59 Å². The average molecular weight is 214 g/mol. The molecular formula is C12H22O3. The van der Waals surface area contributed by atoms with Crippen LogP contribution in [0.2, 0.25) is 0 Å². The van der Waals surface area contributed by atoms with Gasteiger partial charge in [0.2, 0.25) is 0 Å². The van der Waals surface area contributed by atoms with Gasteiger partial charge in [-0.15, -0.1) is 0 Å². The molecule has 3 heteroatoms. The van der Waals surface area contributed by atoms with Gasteiger partial charge in [-0.2, -0.15) is 0 Å². The van der Waals surface area contributed by atoms with E-state index in [1.54, 1.807) is 0 Å². The van der Waals surface area contributed by atoms with Crippen LogP contribution in [0.1, 0.15) is 58.3 Å². The maximum atomic E-state index is 10.4. The van der Waals surface area contributed by atoms with Crippen molar-refractivity contribution in [3.05, 3.63) is 0 Å². The summed E-state index contributed by atoms with van der Waals surface area (Å²) in [6.07, 6.45) is 7.93. The van der Waals surface area contributed by atoms with Crippen LogP contribution in [0.3, 0.4) is 0 Å². The molecule has 0 aromatic heterocycles. The standard InChI is InChI=1S/C12H22O3/c1-2-3-4-6-11(9-10-13)7-5-8-12(14)15/h10-11H,2-9H2,1H3,(H,14,15). The first kappa shape index (κ1) is 14.1. The fourth-order valence-electron chi connectivity index (χ4n) is 1.74. The molecule has 1 atom stereocenters. The molecule has 0 saturated carbocycles. The van der Waals surface area contributed by atoms with Crippen LogP contribution < -0.4 is 0 Å². The Hall–Kier alpha value is -0.860. The molecule has 0 heterocycles. The zero-order valence-corrected chi connectivity index (χ0v) is 9.58. The average Bonchev–Trinajstić information content (AvgIpc) is 2.17. The summed E-state index contributed by atoms with van der Waals surface area (Å²) in [5.41, 5.74) is 0. The first-order valence-corrected chi connectivity index (χ1v) is 5.86. The topological polar surface area (TPSA) is 54.4 Å². The number of hydrogen-bond acceptors (Lipinski definition) is 2. The molecule has 0 bridgehead atoms. The van der Waals surface area contributed by atoms with Gasteiger partial charge in [0.25, 0.3) is 0 Å². The molecule has 0 fully saturated rings. The maximum absolute atomic E-state index is 10.4. The van der Waals surface area contributed by atoms with Gasteiger partial charge in [0.1, 0.15) is 6.29 Å². The second kappa shape index (κ2) is 9.69. The fraction of sp³-hybridized carbons (Fsp3) is 0.833. The SMILES string of the molecule is CCCCCC(CC=O)CCCC(=O)O. The molecule has 15 heavy (non-hydrogen) atoms. The second-order valence-corrected chi connectivity index (χ2v) is 4.05. The van der Waals surface area contributed by atoms with Crippen molar-refractivity contribution in [3.8, 4) is 0 Å². The Bertz CT molecular complexity index is 178. The van der Waals surface area contributed by atoms with Gasteiger partial charge in [-0.05, 0) is 18.8 Å². The first-order valence-electron chi connectivity index (χ1n) is 5.86. The van der Waals surface area contributed by atoms with Crippen LogP contribution in [0.4, 0.5) is 0 Å². The highest BCUT2D eigenvalue weighted by Gasteiger charge is 2.08. The number of rotatable bonds is 10. The van der Waals surface area contributed by atoms with E-state index in [1.807, 2.05) is 0 Å². The number of carbonyl (C=O) groups excluding carboxylic acids is 1. The largest absolute Gasteiger partial charge is 0.481 e. The van der Waals surface area contributed by atoms with Gasteiger partial charge in [0.05, 0.1) is 0 Å². The molecule has 0 spiro atoms. The van der Waals surface area contributed by atoms with Crippen molar-refractivity contribution in [3.63, 3.8) is 0 Å². The highest BCUT2D eigenvalue weighted by molar-refractivity contribution is 5.66. The molecule has 0 aliphatic carbocycles. The fourth-order valence-corrected chi connectivity index (χ4v) is 1.74. The van der Waals surface area contributed by atoms with Crippen molar-refractivity contribution >= 4 is 12.3 Å². The van der Waals surface area contributed by atoms with E-state index in [2.05, 4.69) is 6.92 Å². The van der Waals surface area contributed by atoms with Gasteiger partial charge in [0, 0.05) is 12.8 Å². The highest BCUT2D eigenvalue weighted by Crippen LogP contribution is 2.19. The quantitative estimate of drug-likeness (QED) is 0.449. The lowest BCUT2D eigenvalue weighted by molar-refractivity contribution is -0.137. The molecule has 1 N–H and O–H groups in total. The Morgan fingerprint density at radius 1 is 1.27 bits per heavy atom. The number of hydrogen-bond donors (Lipinski definition) is 1. The lowest BCUT2D eigenvalue weighted by Crippen LogP contribution is -2.03. The zero-order valence-electron chi connectivity index (χ0n) is 9.58. The molecule has 0 aromatic carbocycles. The molecule has 0 aromatic rings. The van der Waals surface area contributed by atoms with E-state index in [-0.39, 0.29) is 6.42 Å². The predicted octanol–water partition coefficient (Wildman–Crippen LogP) is 3.03. The van der Waals surface area contributed by atoms with Crippen LogP contribution in [0.15, 0.2) is 0 Å².